The van der Waals surface area contributed by atoms with Crippen LogP contribution >= 0.6 is 11.6 Å². The Balaban J connectivity index is 1.53. The van der Waals surface area contributed by atoms with E-state index < -0.39 is 0 Å². The van der Waals surface area contributed by atoms with Crippen LogP contribution in [0.1, 0.15) is 27.9 Å². The van der Waals surface area contributed by atoms with E-state index in [1.165, 1.54) is 5.56 Å². The Hall–Kier alpha value is -2.85. The smallest absolute Gasteiger partial charge is 0.258 e. The van der Waals surface area contributed by atoms with E-state index in [4.69, 9.17) is 11.6 Å². The molecule has 4 rings (SSSR count). The van der Waals surface area contributed by atoms with Gasteiger partial charge in [0.1, 0.15) is 5.82 Å². The number of nitrogens with one attached hydrogen (secondary N) is 1. The summed E-state index contributed by atoms with van der Waals surface area (Å²) in [5, 5.41) is 3.96. The van der Waals surface area contributed by atoms with Gasteiger partial charge in [-0.2, -0.15) is 0 Å². The predicted octanol–water partition coefficient (Wildman–Crippen LogP) is 4.94. The van der Waals surface area contributed by atoms with Crippen LogP contribution in [-0.4, -0.2) is 17.4 Å². The van der Waals surface area contributed by atoms with Gasteiger partial charge in [0.15, 0.2) is 0 Å². The molecule has 0 aliphatic carbocycles. The first kappa shape index (κ1) is 17.6. The molecule has 1 N–H and O–H groups in total. The highest BCUT2D eigenvalue weighted by Gasteiger charge is 2.23. The normalized spacial score (nSPS) is 13.1. The van der Waals surface area contributed by atoms with Gasteiger partial charge in [0.05, 0.1) is 0 Å². The molecule has 0 unspecified atom stereocenters. The fourth-order valence-electron chi connectivity index (χ4n) is 3.39. The third kappa shape index (κ3) is 3.81. The molecule has 1 aromatic heterocycles. The SMILES string of the molecule is O=C(c1ccnc(NCc2ccccc2Cl)c1)N1CCCc2ccccc21. The van der Waals surface area contributed by atoms with Crippen molar-refractivity contribution < 1.29 is 4.79 Å². The van der Waals surface area contributed by atoms with Gasteiger partial charge in [-0.25, -0.2) is 4.98 Å². The van der Waals surface area contributed by atoms with Crippen LogP contribution in [-0.2, 0) is 13.0 Å². The molecule has 136 valence electrons. The van der Waals surface area contributed by atoms with Crippen molar-refractivity contribution in [2.75, 3.05) is 16.8 Å². The minimum Gasteiger partial charge on any atom is -0.366 e. The number of nitrogens with zero attached hydrogens (tertiary/aromatic N) is 2. The van der Waals surface area contributed by atoms with Crippen LogP contribution in [0.4, 0.5) is 11.5 Å². The average molecular weight is 378 g/mol. The molecule has 0 spiro atoms. The molecule has 5 heteroatoms. The van der Waals surface area contributed by atoms with Gasteiger partial charge in [-0.1, -0.05) is 48.0 Å². The molecule has 1 aliphatic rings. The molecular weight excluding hydrogens is 358 g/mol. The van der Waals surface area contributed by atoms with E-state index in [0.29, 0.717) is 22.9 Å². The number of para-hydroxylation sites is 1. The zero-order valence-corrected chi connectivity index (χ0v) is 15.6. The second-order valence-corrected chi connectivity index (χ2v) is 6.97. The number of aromatic nitrogens is 1. The Morgan fingerprint density at radius 3 is 2.81 bits per heavy atom. The van der Waals surface area contributed by atoms with Gasteiger partial charge in [0, 0.05) is 35.6 Å². The third-order valence-electron chi connectivity index (χ3n) is 4.78. The number of hydrogen-bond donors (Lipinski definition) is 1. The molecule has 0 radical (unpaired) electrons. The number of fused-ring (bicyclic) bond motifs is 1. The quantitative estimate of drug-likeness (QED) is 0.700. The minimum absolute atomic E-state index is 0.00495. The number of anilines is 2. The molecular formula is C22H20ClN3O. The summed E-state index contributed by atoms with van der Waals surface area (Å²) in [5.74, 6) is 0.663. The number of rotatable bonds is 4. The van der Waals surface area contributed by atoms with E-state index in [1.54, 1.807) is 18.3 Å². The lowest BCUT2D eigenvalue weighted by molar-refractivity contribution is 0.0985. The van der Waals surface area contributed by atoms with Crippen LogP contribution in [0.2, 0.25) is 5.02 Å². The molecule has 1 amide bonds. The lowest BCUT2D eigenvalue weighted by Gasteiger charge is -2.29. The highest BCUT2D eigenvalue weighted by atomic mass is 35.5. The maximum absolute atomic E-state index is 13.1. The first-order valence-corrected chi connectivity index (χ1v) is 9.43. The predicted molar refractivity (Wildman–Crippen MR) is 109 cm³/mol. The second-order valence-electron chi connectivity index (χ2n) is 6.56. The van der Waals surface area contributed by atoms with Crippen LogP contribution in [0.25, 0.3) is 0 Å². The molecule has 0 saturated heterocycles. The van der Waals surface area contributed by atoms with Gasteiger partial charge in [-0.15, -0.1) is 0 Å². The summed E-state index contributed by atoms with van der Waals surface area (Å²) in [7, 11) is 0. The Bertz CT molecular complexity index is 973. The maximum Gasteiger partial charge on any atom is 0.258 e. The van der Waals surface area contributed by atoms with Crippen molar-refractivity contribution in [2.24, 2.45) is 0 Å². The molecule has 0 atom stereocenters. The highest BCUT2D eigenvalue weighted by molar-refractivity contribution is 6.31. The fourth-order valence-corrected chi connectivity index (χ4v) is 3.59. The van der Waals surface area contributed by atoms with Crippen molar-refractivity contribution in [2.45, 2.75) is 19.4 Å². The zero-order chi connectivity index (χ0) is 18.6. The number of aryl methyl sites for hydroxylation is 1. The number of amides is 1. The van der Waals surface area contributed by atoms with Gasteiger partial charge < -0.3 is 10.2 Å². The Morgan fingerprint density at radius 2 is 1.93 bits per heavy atom. The second kappa shape index (κ2) is 7.80. The van der Waals surface area contributed by atoms with Crippen LogP contribution in [0.5, 0.6) is 0 Å². The van der Waals surface area contributed by atoms with E-state index in [1.807, 2.05) is 47.4 Å². The van der Waals surface area contributed by atoms with Crippen LogP contribution in [0.15, 0.2) is 66.9 Å². The van der Waals surface area contributed by atoms with Crippen molar-refractivity contribution in [3.63, 3.8) is 0 Å². The fraction of sp³-hybridized carbons (Fsp3) is 0.182. The summed E-state index contributed by atoms with van der Waals surface area (Å²) in [4.78, 5) is 19.3. The Labute approximate surface area is 163 Å². The molecule has 27 heavy (non-hydrogen) atoms. The molecule has 4 nitrogen and oxygen atoms in total. The van der Waals surface area contributed by atoms with Gasteiger partial charge in [0.2, 0.25) is 0 Å². The van der Waals surface area contributed by atoms with Crippen LogP contribution in [0, 0.1) is 0 Å². The average Bonchev–Trinajstić information content (AvgIpc) is 2.72. The van der Waals surface area contributed by atoms with Gasteiger partial charge >= 0.3 is 0 Å². The summed E-state index contributed by atoms with van der Waals surface area (Å²) in [6.07, 6.45) is 3.66. The summed E-state index contributed by atoms with van der Waals surface area (Å²) in [5.41, 5.74) is 3.85. The first-order valence-electron chi connectivity index (χ1n) is 9.05. The molecule has 0 fully saturated rings. The van der Waals surface area contributed by atoms with Crippen LogP contribution in [0.3, 0.4) is 0 Å². The number of benzene rings is 2. The molecule has 3 aromatic rings. The lowest BCUT2D eigenvalue weighted by atomic mass is 10.0. The summed E-state index contributed by atoms with van der Waals surface area (Å²) >= 11 is 6.20. The van der Waals surface area contributed by atoms with Crippen molar-refractivity contribution in [3.05, 3.63) is 88.6 Å². The Kier molecular flexibility index (Phi) is 5.07. The van der Waals surface area contributed by atoms with E-state index in [-0.39, 0.29) is 5.91 Å². The van der Waals surface area contributed by atoms with E-state index in [9.17, 15) is 4.79 Å². The van der Waals surface area contributed by atoms with Gasteiger partial charge in [0.25, 0.3) is 5.91 Å². The monoisotopic (exact) mass is 377 g/mol. The minimum atomic E-state index is 0.00495. The van der Waals surface area contributed by atoms with Gasteiger partial charge in [-0.3, -0.25) is 4.79 Å². The highest BCUT2D eigenvalue weighted by Crippen LogP contribution is 2.28. The maximum atomic E-state index is 13.1. The number of pyridine rings is 1. The standard InChI is InChI=1S/C22H20ClN3O/c23-19-9-3-1-7-18(19)15-25-21-14-17(11-12-24-21)22(27)26-13-5-8-16-6-2-4-10-20(16)26/h1-4,6-7,9-12,14H,5,8,13,15H2,(H,24,25). The number of hydrogen-bond acceptors (Lipinski definition) is 3. The third-order valence-corrected chi connectivity index (χ3v) is 5.15. The largest absolute Gasteiger partial charge is 0.366 e. The molecule has 2 heterocycles. The zero-order valence-electron chi connectivity index (χ0n) is 14.9. The van der Waals surface area contributed by atoms with Gasteiger partial charge in [-0.05, 0) is 48.2 Å². The molecule has 1 aliphatic heterocycles. The molecule has 0 bridgehead atoms. The molecule has 0 saturated carbocycles. The number of carbonyl (C=O) groups excluding carboxylic acids is 1. The number of halogens is 1. The van der Waals surface area contributed by atoms with E-state index >= 15 is 0 Å². The molecule has 2 aromatic carbocycles. The van der Waals surface area contributed by atoms with Crippen LogP contribution < -0.4 is 10.2 Å². The van der Waals surface area contributed by atoms with E-state index in [0.717, 1.165) is 30.6 Å². The van der Waals surface area contributed by atoms with E-state index in [2.05, 4.69) is 16.4 Å². The van der Waals surface area contributed by atoms with Crippen molar-refractivity contribution in [1.82, 2.24) is 4.98 Å². The van der Waals surface area contributed by atoms with Crippen molar-refractivity contribution in [3.8, 4) is 0 Å². The lowest BCUT2D eigenvalue weighted by Crippen LogP contribution is -2.35. The summed E-state index contributed by atoms with van der Waals surface area (Å²) < 4.78 is 0. The van der Waals surface area contributed by atoms with Crippen molar-refractivity contribution >= 4 is 29.0 Å². The number of carbonyl (C=O) groups is 1. The summed E-state index contributed by atoms with van der Waals surface area (Å²) in [6, 6.07) is 19.4. The summed E-state index contributed by atoms with van der Waals surface area (Å²) in [6.45, 7) is 1.29. The topological polar surface area (TPSA) is 45.2 Å². The first-order chi connectivity index (χ1) is 13.2. The van der Waals surface area contributed by atoms with Crippen molar-refractivity contribution in [1.29, 1.82) is 0 Å². The Morgan fingerprint density at radius 1 is 1.11 bits per heavy atom.